The largest absolute Gasteiger partial charge is 0.313 e. The highest BCUT2D eigenvalue weighted by atomic mass is 32.2. The van der Waals surface area contributed by atoms with Crippen molar-refractivity contribution in [1.82, 2.24) is 5.32 Å². The number of hydrogen-bond acceptors (Lipinski definition) is 3. The van der Waals surface area contributed by atoms with Gasteiger partial charge in [-0.15, -0.1) is 0 Å². The topological polar surface area (TPSA) is 58.2 Å². The fourth-order valence-electron chi connectivity index (χ4n) is 2.86. The van der Waals surface area contributed by atoms with Crippen molar-refractivity contribution < 1.29 is 8.42 Å². The van der Waals surface area contributed by atoms with Gasteiger partial charge in [0.05, 0.1) is 10.9 Å². The molecule has 4 nitrogen and oxygen atoms in total. The van der Waals surface area contributed by atoms with Gasteiger partial charge >= 0.3 is 0 Å². The zero-order chi connectivity index (χ0) is 14.9. The molecule has 1 fully saturated rings. The third-order valence-electron chi connectivity index (χ3n) is 4.45. The number of nitrogens with one attached hydrogen (secondary N) is 2. The smallest absolute Gasteiger partial charge is 0.236 e. The third-order valence-corrected chi connectivity index (χ3v) is 6.18. The van der Waals surface area contributed by atoms with Crippen LogP contribution in [0.4, 0.5) is 5.69 Å². The van der Waals surface area contributed by atoms with E-state index in [4.69, 9.17) is 0 Å². The minimum atomic E-state index is -3.33. The molecule has 21 heavy (non-hydrogen) atoms. The maximum Gasteiger partial charge on any atom is 0.236 e. The molecule has 116 valence electrons. The second kappa shape index (κ2) is 5.97. The fraction of sp³-hybridized carbons (Fsp3) is 0.625. The Kier molecular flexibility index (Phi) is 4.22. The van der Waals surface area contributed by atoms with E-state index in [1.165, 1.54) is 30.4 Å². The summed E-state index contributed by atoms with van der Waals surface area (Å²) in [6.07, 6.45) is 6.72. The number of fused-ring (bicyclic) bond motifs is 1. The molecule has 3 rings (SSSR count). The molecule has 1 aromatic carbocycles. The van der Waals surface area contributed by atoms with Crippen LogP contribution >= 0.6 is 0 Å². The molecule has 1 unspecified atom stereocenters. The molecule has 1 atom stereocenters. The Bertz CT molecular complexity index is 609. The van der Waals surface area contributed by atoms with Gasteiger partial charge in [-0.25, -0.2) is 8.42 Å². The zero-order valence-corrected chi connectivity index (χ0v) is 13.4. The van der Waals surface area contributed by atoms with Crippen molar-refractivity contribution in [2.45, 2.75) is 56.7 Å². The molecule has 1 aromatic rings. The van der Waals surface area contributed by atoms with Crippen molar-refractivity contribution in [2.24, 2.45) is 0 Å². The minimum Gasteiger partial charge on any atom is -0.313 e. The summed E-state index contributed by atoms with van der Waals surface area (Å²) >= 11 is 0. The van der Waals surface area contributed by atoms with Gasteiger partial charge in [0.25, 0.3) is 0 Å². The molecule has 2 aliphatic carbocycles. The molecular formula is C16H24N2O2S. The quantitative estimate of drug-likeness (QED) is 0.848. The Morgan fingerprint density at radius 2 is 2.00 bits per heavy atom. The van der Waals surface area contributed by atoms with Crippen LogP contribution in [0, 0.1) is 0 Å². The van der Waals surface area contributed by atoms with Crippen LogP contribution in [-0.4, -0.2) is 26.3 Å². The molecule has 0 aromatic heterocycles. The Hall–Kier alpha value is -1.07. The first-order valence-corrected chi connectivity index (χ1v) is 9.46. The van der Waals surface area contributed by atoms with E-state index in [-0.39, 0.29) is 0 Å². The third kappa shape index (κ3) is 3.58. The summed E-state index contributed by atoms with van der Waals surface area (Å²) in [7, 11) is -3.33. The second-order valence-corrected chi connectivity index (χ2v) is 8.39. The van der Waals surface area contributed by atoms with Crippen LogP contribution in [0.15, 0.2) is 18.2 Å². The molecule has 5 heteroatoms. The van der Waals surface area contributed by atoms with Gasteiger partial charge in [0.15, 0.2) is 0 Å². The Morgan fingerprint density at radius 1 is 1.24 bits per heavy atom. The van der Waals surface area contributed by atoms with E-state index in [0.717, 1.165) is 24.9 Å². The van der Waals surface area contributed by atoms with E-state index in [0.29, 0.717) is 12.6 Å². The maximum atomic E-state index is 12.5. The monoisotopic (exact) mass is 308 g/mol. The lowest BCUT2D eigenvalue weighted by atomic mass is 9.91. The molecule has 0 radical (unpaired) electrons. The molecule has 0 bridgehead atoms. The molecule has 2 N–H and O–H groups in total. The van der Waals surface area contributed by atoms with Gasteiger partial charge < -0.3 is 5.32 Å². The summed E-state index contributed by atoms with van der Waals surface area (Å²) in [5.74, 6) is 0. The second-order valence-electron chi connectivity index (χ2n) is 6.29. The van der Waals surface area contributed by atoms with Crippen LogP contribution in [0.5, 0.6) is 0 Å². The lowest BCUT2D eigenvalue weighted by Crippen LogP contribution is -2.36. The van der Waals surface area contributed by atoms with Gasteiger partial charge in [-0.2, -0.15) is 0 Å². The van der Waals surface area contributed by atoms with Crippen LogP contribution in [0.3, 0.4) is 0 Å². The van der Waals surface area contributed by atoms with Crippen molar-refractivity contribution in [2.75, 3.05) is 11.3 Å². The number of rotatable bonds is 6. The van der Waals surface area contributed by atoms with Crippen molar-refractivity contribution in [3.63, 3.8) is 0 Å². The number of aryl methyl sites for hydroxylation is 1. The van der Waals surface area contributed by atoms with E-state index in [2.05, 4.69) is 16.1 Å². The number of sulfonamides is 1. The van der Waals surface area contributed by atoms with Gasteiger partial charge in [0.1, 0.15) is 0 Å². The van der Waals surface area contributed by atoms with Crippen LogP contribution in [0.1, 0.15) is 43.7 Å². The Labute approximate surface area is 127 Å². The van der Waals surface area contributed by atoms with Crippen LogP contribution in [0.2, 0.25) is 0 Å². The van der Waals surface area contributed by atoms with Gasteiger partial charge in [0, 0.05) is 12.6 Å². The van der Waals surface area contributed by atoms with Crippen LogP contribution in [0.25, 0.3) is 0 Å². The molecular weight excluding hydrogens is 284 g/mol. The molecule has 0 heterocycles. The Balaban J connectivity index is 1.72. The lowest BCUT2D eigenvalue weighted by molar-refractivity contribution is 0.576. The fourth-order valence-corrected chi connectivity index (χ4v) is 3.88. The first-order chi connectivity index (χ1) is 10.1. The zero-order valence-electron chi connectivity index (χ0n) is 12.6. The van der Waals surface area contributed by atoms with E-state index in [1.807, 2.05) is 12.1 Å². The maximum absolute atomic E-state index is 12.5. The summed E-state index contributed by atoms with van der Waals surface area (Å²) < 4.78 is 27.8. The number of anilines is 1. The standard InChI is InChI=1S/C16H24N2O2S/c1-12(11-17-14-9-10-14)21(19,20)18-16-8-4-6-13-5-2-3-7-15(13)16/h4,6,8,12,14,17-18H,2-3,5,7,9-11H2,1H3. The first-order valence-electron chi connectivity index (χ1n) is 7.92. The van der Waals surface area contributed by atoms with Crippen molar-refractivity contribution in [3.8, 4) is 0 Å². The Morgan fingerprint density at radius 3 is 2.76 bits per heavy atom. The van der Waals surface area contributed by atoms with E-state index < -0.39 is 15.3 Å². The minimum absolute atomic E-state index is 0.419. The number of hydrogen-bond donors (Lipinski definition) is 2. The number of benzene rings is 1. The van der Waals surface area contributed by atoms with Crippen LogP contribution < -0.4 is 10.0 Å². The van der Waals surface area contributed by atoms with E-state index in [1.54, 1.807) is 6.92 Å². The normalized spacial score (nSPS) is 19.9. The predicted molar refractivity (Wildman–Crippen MR) is 86.1 cm³/mol. The van der Waals surface area contributed by atoms with Gasteiger partial charge in [-0.3, -0.25) is 4.72 Å². The highest BCUT2D eigenvalue weighted by molar-refractivity contribution is 7.93. The average molecular weight is 308 g/mol. The summed E-state index contributed by atoms with van der Waals surface area (Å²) in [6, 6.07) is 6.49. The lowest BCUT2D eigenvalue weighted by Gasteiger charge is -2.22. The summed E-state index contributed by atoms with van der Waals surface area (Å²) in [6.45, 7) is 2.29. The first kappa shape index (κ1) is 14.9. The average Bonchev–Trinajstić information content (AvgIpc) is 3.29. The van der Waals surface area contributed by atoms with Crippen molar-refractivity contribution in [1.29, 1.82) is 0 Å². The summed E-state index contributed by atoms with van der Waals surface area (Å²) in [4.78, 5) is 0. The molecule has 0 saturated heterocycles. The van der Waals surface area contributed by atoms with Gasteiger partial charge in [-0.05, 0) is 62.6 Å². The van der Waals surface area contributed by atoms with E-state index in [9.17, 15) is 8.42 Å². The van der Waals surface area contributed by atoms with E-state index >= 15 is 0 Å². The van der Waals surface area contributed by atoms with Crippen molar-refractivity contribution >= 4 is 15.7 Å². The van der Waals surface area contributed by atoms with Crippen LogP contribution in [-0.2, 0) is 22.9 Å². The van der Waals surface area contributed by atoms with Gasteiger partial charge in [0.2, 0.25) is 10.0 Å². The molecule has 2 aliphatic rings. The molecule has 0 aliphatic heterocycles. The SMILES string of the molecule is CC(CNC1CC1)S(=O)(=O)Nc1cccc2c1CCCC2. The molecule has 1 saturated carbocycles. The molecule has 0 spiro atoms. The molecule has 0 amide bonds. The van der Waals surface area contributed by atoms with Crippen molar-refractivity contribution in [3.05, 3.63) is 29.3 Å². The highest BCUT2D eigenvalue weighted by Gasteiger charge is 2.26. The predicted octanol–water partition coefficient (Wildman–Crippen LogP) is 2.45. The summed E-state index contributed by atoms with van der Waals surface area (Å²) in [5, 5.41) is 2.87. The highest BCUT2D eigenvalue weighted by Crippen LogP contribution is 2.29. The summed E-state index contributed by atoms with van der Waals surface area (Å²) in [5.41, 5.74) is 3.27. The van der Waals surface area contributed by atoms with Gasteiger partial charge in [-0.1, -0.05) is 12.1 Å².